The molecule has 2 heterocycles. The van der Waals surface area contributed by atoms with Gasteiger partial charge in [-0.05, 0) is 82.4 Å². The average molecular weight is 670 g/mol. The topological polar surface area (TPSA) is 16.4 Å². The molecule has 0 saturated heterocycles. The van der Waals surface area contributed by atoms with Crippen LogP contribution in [0.25, 0.3) is 75.5 Å². The quantitative estimate of drug-likeness (QED) is 0.175. The lowest BCUT2D eigenvalue weighted by Crippen LogP contribution is -2.09. The smallest absolute Gasteiger partial charge is 0.143 e. The first-order valence-electron chi connectivity index (χ1n) is 17.3. The third-order valence-electron chi connectivity index (χ3n) is 9.91. The van der Waals surface area contributed by atoms with Gasteiger partial charge in [0.2, 0.25) is 0 Å². The van der Waals surface area contributed by atoms with Gasteiger partial charge in [0.25, 0.3) is 0 Å². The maximum atomic E-state index is 6.46. The minimum absolute atomic E-state index is 0.910. The highest BCUT2D eigenvalue weighted by Gasteiger charge is 2.18. The fourth-order valence-corrected chi connectivity index (χ4v) is 8.54. The van der Waals surface area contributed by atoms with Crippen molar-refractivity contribution in [3.8, 4) is 33.4 Å². The van der Waals surface area contributed by atoms with Gasteiger partial charge >= 0.3 is 0 Å². The van der Waals surface area contributed by atoms with Gasteiger partial charge in [0.1, 0.15) is 11.2 Å². The van der Waals surface area contributed by atoms with E-state index in [1.54, 1.807) is 0 Å². The molecule has 51 heavy (non-hydrogen) atoms. The van der Waals surface area contributed by atoms with E-state index < -0.39 is 0 Å². The van der Waals surface area contributed by atoms with E-state index in [0.717, 1.165) is 55.7 Å². The normalized spacial score (nSPS) is 11.5. The molecule has 0 aliphatic heterocycles. The molecule has 0 amide bonds. The molecule has 8 aromatic carbocycles. The van der Waals surface area contributed by atoms with E-state index in [1.165, 1.54) is 36.9 Å². The summed E-state index contributed by atoms with van der Waals surface area (Å²) in [5, 5.41) is 4.86. The van der Waals surface area contributed by atoms with Crippen molar-refractivity contribution in [1.29, 1.82) is 0 Å². The first-order valence-corrected chi connectivity index (χ1v) is 18.1. The van der Waals surface area contributed by atoms with Crippen LogP contribution in [-0.2, 0) is 0 Å². The second-order valence-corrected chi connectivity index (χ2v) is 14.0. The zero-order valence-electron chi connectivity index (χ0n) is 27.7. The van der Waals surface area contributed by atoms with Crippen LogP contribution in [0, 0.1) is 0 Å². The number of nitrogens with zero attached hydrogens (tertiary/aromatic N) is 1. The molecule has 10 rings (SSSR count). The lowest BCUT2D eigenvalue weighted by atomic mass is 9.93. The van der Waals surface area contributed by atoms with Gasteiger partial charge in [0.05, 0.1) is 0 Å². The third kappa shape index (κ3) is 5.10. The number of hydrogen-bond acceptors (Lipinski definition) is 3. The maximum absolute atomic E-state index is 6.46. The fourth-order valence-electron chi connectivity index (χ4n) is 7.45. The predicted octanol–water partition coefficient (Wildman–Crippen LogP) is 14.4. The van der Waals surface area contributed by atoms with Gasteiger partial charge in [0, 0.05) is 53.6 Å². The number of benzene rings is 8. The molecule has 0 spiro atoms. The Labute approximate surface area is 300 Å². The average Bonchev–Trinajstić information content (AvgIpc) is 3.77. The van der Waals surface area contributed by atoms with Crippen molar-refractivity contribution in [2.24, 2.45) is 0 Å². The summed E-state index contributed by atoms with van der Waals surface area (Å²) in [6, 6.07) is 67.4. The van der Waals surface area contributed by atoms with Gasteiger partial charge in [0.15, 0.2) is 0 Å². The van der Waals surface area contributed by atoms with Crippen LogP contribution < -0.4 is 4.90 Å². The lowest BCUT2D eigenvalue weighted by molar-refractivity contribution is 0.670. The van der Waals surface area contributed by atoms with Crippen molar-refractivity contribution in [2.75, 3.05) is 4.90 Å². The van der Waals surface area contributed by atoms with E-state index in [0.29, 0.717) is 0 Å². The Morgan fingerprint density at radius 1 is 0.353 bits per heavy atom. The van der Waals surface area contributed by atoms with Crippen molar-refractivity contribution < 1.29 is 4.42 Å². The minimum Gasteiger partial charge on any atom is -0.455 e. The molecule has 0 aliphatic carbocycles. The Morgan fingerprint density at radius 3 is 1.73 bits per heavy atom. The Kier molecular flexibility index (Phi) is 7.04. The second kappa shape index (κ2) is 12.2. The van der Waals surface area contributed by atoms with Crippen molar-refractivity contribution in [2.45, 2.75) is 0 Å². The van der Waals surface area contributed by atoms with Crippen LogP contribution in [0.1, 0.15) is 0 Å². The summed E-state index contributed by atoms with van der Waals surface area (Å²) in [7, 11) is 0. The molecule has 0 aliphatic rings. The number of hydrogen-bond donors (Lipinski definition) is 0. The van der Waals surface area contributed by atoms with Crippen molar-refractivity contribution in [3.63, 3.8) is 0 Å². The van der Waals surface area contributed by atoms with Crippen LogP contribution in [0.15, 0.2) is 192 Å². The van der Waals surface area contributed by atoms with Crippen molar-refractivity contribution >= 4 is 70.5 Å². The number of thiophene rings is 1. The molecule has 0 N–H and O–H groups in total. The van der Waals surface area contributed by atoms with Crippen LogP contribution in [-0.4, -0.2) is 0 Å². The van der Waals surface area contributed by atoms with Gasteiger partial charge in [-0.15, -0.1) is 11.3 Å². The monoisotopic (exact) mass is 669 g/mol. The van der Waals surface area contributed by atoms with Gasteiger partial charge < -0.3 is 9.32 Å². The molecule has 0 unspecified atom stereocenters. The number of fused-ring (bicyclic) bond motifs is 6. The van der Waals surface area contributed by atoms with E-state index >= 15 is 0 Å². The van der Waals surface area contributed by atoms with Crippen LogP contribution in [0.2, 0.25) is 0 Å². The molecular weight excluding hydrogens is 639 g/mol. The van der Waals surface area contributed by atoms with Crippen LogP contribution in [0.5, 0.6) is 0 Å². The summed E-state index contributed by atoms with van der Waals surface area (Å²) in [6.07, 6.45) is 0. The highest BCUT2D eigenvalue weighted by atomic mass is 32.1. The number of rotatable bonds is 6. The molecule has 2 aromatic heterocycles. The molecule has 0 saturated carbocycles. The van der Waals surface area contributed by atoms with E-state index in [1.807, 2.05) is 23.5 Å². The second-order valence-electron chi connectivity index (χ2n) is 12.9. The summed E-state index contributed by atoms with van der Waals surface area (Å²) in [4.78, 5) is 2.37. The van der Waals surface area contributed by atoms with Gasteiger partial charge in [-0.1, -0.05) is 133 Å². The lowest BCUT2D eigenvalue weighted by Gasteiger charge is -2.26. The van der Waals surface area contributed by atoms with Crippen LogP contribution in [0.4, 0.5) is 17.1 Å². The largest absolute Gasteiger partial charge is 0.455 e. The number of furan rings is 1. The predicted molar refractivity (Wildman–Crippen MR) is 218 cm³/mol. The van der Waals surface area contributed by atoms with Gasteiger partial charge in [-0.25, -0.2) is 0 Å². The zero-order valence-corrected chi connectivity index (χ0v) is 28.5. The standard InChI is InChI=1S/C48H31NOS/c1-2-11-32(12-3-1)33-21-25-35(26-22-33)49(37-29-30-47-44(31-37)41-16-7-9-20-46(41)51-47)36-27-23-34(24-28-36)38-13-4-5-14-39(38)42-17-10-18-43-40-15-6-8-19-45(40)50-48(42)43/h1-31H. The molecular formula is C48H31NOS. The number of para-hydroxylation sites is 2. The van der Waals surface area contributed by atoms with Crippen LogP contribution >= 0.6 is 11.3 Å². The zero-order chi connectivity index (χ0) is 33.7. The molecule has 10 aromatic rings. The third-order valence-corrected chi connectivity index (χ3v) is 11.1. The van der Waals surface area contributed by atoms with Crippen LogP contribution in [0.3, 0.4) is 0 Å². The number of anilines is 3. The Bertz CT molecular complexity index is 2850. The van der Waals surface area contributed by atoms with E-state index in [-0.39, 0.29) is 0 Å². The summed E-state index contributed by atoms with van der Waals surface area (Å²) in [5.41, 5.74) is 12.1. The van der Waals surface area contributed by atoms with E-state index in [4.69, 9.17) is 4.42 Å². The molecule has 240 valence electrons. The van der Waals surface area contributed by atoms with Crippen molar-refractivity contribution in [1.82, 2.24) is 0 Å². The molecule has 2 nitrogen and oxygen atoms in total. The Hall–Kier alpha value is -6.42. The summed E-state index contributed by atoms with van der Waals surface area (Å²) in [5.74, 6) is 0. The molecule has 0 radical (unpaired) electrons. The first-order chi connectivity index (χ1) is 25.3. The minimum atomic E-state index is 0.910. The summed E-state index contributed by atoms with van der Waals surface area (Å²) in [6.45, 7) is 0. The summed E-state index contributed by atoms with van der Waals surface area (Å²) < 4.78 is 9.07. The highest BCUT2D eigenvalue weighted by Crippen LogP contribution is 2.43. The maximum Gasteiger partial charge on any atom is 0.143 e. The van der Waals surface area contributed by atoms with Gasteiger partial charge in [-0.3, -0.25) is 0 Å². The summed E-state index contributed by atoms with van der Waals surface area (Å²) >= 11 is 1.85. The molecule has 0 atom stereocenters. The van der Waals surface area contributed by atoms with Crippen molar-refractivity contribution in [3.05, 3.63) is 188 Å². The SMILES string of the molecule is c1ccc(-c2ccc(N(c3ccc(-c4ccccc4-c4cccc5c4oc4ccccc45)cc3)c3ccc4sc5ccccc5c4c3)cc2)cc1. The van der Waals surface area contributed by atoms with E-state index in [2.05, 4.69) is 181 Å². The fraction of sp³-hybridized carbons (Fsp3) is 0. The highest BCUT2D eigenvalue weighted by molar-refractivity contribution is 7.25. The van der Waals surface area contributed by atoms with Gasteiger partial charge in [-0.2, -0.15) is 0 Å². The molecule has 3 heteroatoms. The molecule has 0 bridgehead atoms. The first kappa shape index (κ1) is 29.5. The Balaban J connectivity index is 1.09. The Morgan fingerprint density at radius 2 is 0.922 bits per heavy atom. The molecule has 0 fully saturated rings. The van der Waals surface area contributed by atoms with E-state index in [9.17, 15) is 0 Å².